The van der Waals surface area contributed by atoms with E-state index < -0.39 is 24.1 Å². The van der Waals surface area contributed by atoms with Crippen LogP contribution in [0.15, 0.2) is 59.8 Å². The van der Waals surface area contributed by atoms with E-state index >= 15 is 0 Å². The van der Waals surface area contributed by atoms with Crippen LogP contribution in [0.5, 0.6) is 0 Å². The standard InChI is InChI=1S/C28H24Cl2F3N3O3/c29-17-11-16(12-18(30)13-17)27(28(31,32)33)14-24(36-39-27)22-9-10-23(21-8-4-3-7-20(21)22)26(38)34-15-25(37)35-19-5-1-2-6-19/h3-4,7-13,19H,1-2,5-6,14-15H2,(H,34,38)(H,35,37). The number of hydrogen-bond acceptors (Lipinski definition) is 4. The number of nitrogens with zero attached hydrogens (tertiary/aromatic N) is 1. The van der Waals surface area contributed by atoms with Gasteiger partial charge in [-0.15, -0.1) is 0 Å². The maximum atomic E-state index is 14.4. The third-order valence-electron chi connectivity index (χ3n) is 7.12. The zero-order chi connectivity index (χ0) is 27.8. The minimum Gasteiger partial charge on any atom is -0.374 e. The molecular formula is C28H24Cl2F3N3O3. The number of alkyl halides is 3. The lowest BCUT2D eigenvalue weighted by atomic mass is 9.85. The number of amides is 2. The summed E-state index contributed by atoms with van der Waals surface area (Å²) < 4.78 is 43.3. The fourth-order valence-electron chi connectivity index (χ4n) is 5.19. The predicted molar refractivity (Wildman–Crippen MR) is 143 cm³/mol. The third-order valence-corrected chi connectivity index (χ3v) is 7.56. The van der Waals surface area contributed by atoms with Gasteiger partial charge < -0.3 is 15.5 Å². The molecule has 3 aromatic rings. The van der Waals surface area contributed by atoms with Crippen LogP contribution in [0.25, 0.3) is 10.8 Å². The van der Waals surface area contributed by atoms with Crippen molar-refractivity contribution in [1.29, 1.82) is 0 Å². The number of oxime groups is 1. The molecule has 3 aromatic carbocycles. The van der Waals surface area contributed by atoms with Crippen LogP contribution in [0.1, 0.15) is 53.6 Å². The molecule has 0 bridgehead atoms. The van der Waals surface area contributed by atoms with Gasteiger partial charge in [-0.2, -0.15) is 13.2 Å². The first kappa shape index (κ1) is 27.3. The lowest BCUT2D eigenvalue weighted by molar-refractivity contribution is -0.275. The Hall–Kier alpha value is -3.30. The van der Waals surface area contributed by atoms with E-state index in [4.69, 9.17) is 28.0 Å². The zero-order valence-electron chi connectivity index (χ0n) is 20.6. The monoisotopic (exact) mass is 577 g/mol. The second kappa shape index (κ2) is 10.7. The highest BCUT2D eigenvalue weighted by molar-refractivity contribution is 6.34. The largest absolute Gasteiger partial charge is 0.435 e. The second-order valence-electron chi connectivity index (χ2n) is 9.73. The summed E-state index contributed by atoms with van der Waals surface area (Å²) >= 11 is 12.0. The van der Waals surface area contributed by atoms with Crippen LogP contribution >= 0.6 is 23.2 Å². The first-order valence-corrected chi connectivity index (χ1v) is 13.2. The molecule has 0 saturated heterocycles. The van der Waals surface area contributed by atoms with E-state index in [2.05, 4.69) is 15.8 Å². The Labute approximate surface area is 232 Å². The molecule has 6 nitrogen and oxygen atoms in total. The van der Waals surface area contributed by atoms with E-state index in [1.807, 2.05) is 0 Å². The summed E-state index contributed by atoms with van der Waals surface area (Å²) in [5.74, 6) is -0.736. The summed E-state index contributed by atoms with van der Waals surface area (Å²) in [5.41, 5.74) is -2.31. The Morgan fingerprint density at radius 3 is 2.33 bits per heavy atom. The molecule has 2 aliphatic rings. The molecule has 11 heteroatoms. The molecule has 39 heavy (non-hydrogen) atoms. The van der Waals surface area contributed by atoms with Gasteiger partial charge in [0.1, 0.15) is 0 Å². The minimum atomic E-state index is -4.83. The van der Waals surface area contributed by atoms with Crippen molar-refractivity contribution in [2.24, 2.45) is 5.16 Å². The van der Waals surface area contributed by atoms with E-state index in [1.54, 1.807) is 24.3 Å². The van der Waals surface area contributed by atoms with Crippen molar-refractivity contribution in [3.05, 3.63) is 81.3 Å². The highest BCUT2D eigenvalue weighted by atomic mass is 35.5. The van der Waals surface area contributed by atoms with Crippen LogP contribution in [0.4, 0.5) is 13.2 Å². The van der Waals surface area contributed by atoms with Gasteiger partial charge in [-0.05, 0) is 47.9 Å². The molecule has 1 atom stereocenters. The van der Waals surface area contributed by atoms with Crippen molar-refractivity contribution in [1.82, 2.24) is 10.6 Å². The van der Waals surface area contributed by atoms with E-state index in [0.29, 0.717) is 16.3 Å². The van der Waals surface area contributed by atoms with Gasteiger partial charge in [0, 0.05) is 39.2 Å². The molecule has 2 N–H and O–H groups in total. The maximum Gasteiger partial charge on any atom is 0.435 e. The summed E-state index contributed by atoms with van der Waals surface area (Å²) in [6.07, 6.45) is -1.45. The van der Waals surface area contributed by atoms with Crippen LogP contribution in [-0.2, 0) is 15.2 Å². The fraction of sp³-hybridized carbons (Fsp3) is 0.321. The summed E-state index contributed by atoms with van der Waals surface area (Å²) in [7, 11) is 0. The number of carbonyl (C=O) groups is 2. The lowest BCUT2D eigenvalue weighted by Gasteiger charge is -2.29. The Balaban J connectivity index is 1.41. The van der Waals surface area contributed by atoms with Gasteiger partial charge in [0.05, 0.1) is 12.3 Å². The summed E-state index contributed by atoms with van der Waals surface area (Å²) in [5, 5.41) is 10.5. The van der Waals surface area contributed by atoms with Crippen LogP contribution in [0.2, 0.25) is 10.0 Å². The third kappa shape index (κ3) is 5.43. The quantitative estimate of drug-likeness (QED) is 0.350. The SMILES string of the molecule is O=C(CNC(=O)c1ccc(C2=NOC(c3cc(Cl)cc(Cl)c3)(C(F)(F)F)C2)c2ccccc12)NC1CCCC1. The number of rotatable bonds is 6. The second-order valence-corrected chi connectivity index (χ2v) is 10.6. The minimum absolute atomic E-state index is 0.0379. The summed E-state index contributed by atoms with van der Waals surface area (Å²) in [4.78, 5) is 30.4. The van der Waals surface area contributed by atoms with E-state index in [1.165, 1.54) is 18.2 Å². The van der Waals surface area contributed by atoms with Crippen molar-refractivity contribution in [3.63, 3.8) is 0 Å². The van der Waals surface area contributed by atoms with E-state index in [-0.39, 0.29) is 45.4 Å². The first-order chi connectivity index (χ1) is 18.6. The highest BCUT2D eigenvalue weighted by Gasteiger charge is 2.62. The number of benzene rings is 3. The van der Waals surface area contributed by atoms with Gasteiger partial charge in [-0.25, -0.2) is 0 Å². The van der Waals surface area contributed by atoms with Crippen molar-refractivity contribution in [2.75, 3.05) is 6.54 Å². The Morgan fingerprint density at radius 1 is 1.00 bits per heavy atom. The molecule has 204 valence electrons. The zero-order valence-corrected chi connectivity index (χ0v) is 22.1. The van der Waals surface area contributed by atoms with Crippen molar-refractivity contribution in [2.45, 2.75) is 49.9 Å². The van der Waals surface area contributed by atoms with Gasteiger partial charge in [-0.1, -0.05) is 71.5 Å². The summed E-state index contributed by atoms with van der Waals surface area (Å²) in [6, 6.07) is 13.7. The maximum absolute atomic E-state index is 14.4. The molecule has 5 rings (SSSR count). The molecule has 0 spiro atoms. The van der Waals surface area contributed by atoms with Gasteiger partial charge >= 0.3 is 6.18 Å². The van der Waals surface area contributed by atoms with Gasteiger partial charge in [0.2, 0.25) is 5.91 Å². The summed E-state index contributed by atoms with van der Waals surface area (Å²) in [6.45, 7) is -0.178. The predicted octanol–water partition coefficient (Wildman–Crippen LogP) is 6.52. The molecule has 1 saturated carbocycles. The average Bonchev–Trinajstić information content (AvgIpc) is 3.57. The topological polar surface area (TPSA) is 79.8 Å². The van der Waals surface area contributed by atoms with Crippen molar-refractivity contribution >= 4 is 51.5 Å². The Bertz CT molecular complexity index is 1450. The highest BCUT2D eigenvalue weighted by Crippen LogP contribution is 2.50. The number of nitrogens with one attached hydrogen (secondary N) is 2. The average molecular weight is 578 g/mol. The van der Waals surface area contributed by atoms with E-state index in [0.717, 1.165) is 37.8 Å². The smallest absolute Gasteiger partial charge is 0.374 e. The fourth-order valence-corrected chi connectivity index (χ4v) is 5.71. The van der Waals surface area contributed by atoms with Gasteiger partial charge in [0.15, 0.2) is 0 Å². The Kier molecular flexibility index (Phi) is 7.48. The van der Waals surface area contributed by atoms with Crippen LogP contribution in [-0.4, -0.2) is 36.3 Å². The first-order valence-electron chi connectivity index (χ1n) is 12.5. The van der Waals surface area contributed by atoms with Crippen molar-refractivity contribution < 1.29 is 27.6 Å². The van der Waals surface area contributed by atoms with Crippen molar-refractivity contribution in [3.8, 4) is 0 Å². The van der Waals surface area contributed by atoms with Crippen LogP contribution < -0.4 is 10.6 Å². The molecule has 1 unspecified atom stereocenters. The Morgan fingerprint density at radius 2 is 1.67 bits per heavy atom. The number of hydrogen-bond donors (Lipinski definition) is 2. The van der Waals surface area contributed by atoms with Crippen LogP contribution in [0, 0.1) is 0 Å². The molecular weight excluding hydrogens is 554 g/mol. The lowest BCUT2D eigenvalue weighted by Crippen LogP contribution is -2.42. The van der Waals surface area contributed by atoms with E-state index in [9.17, 15) is 22.8 Å². The van der Waals surface area contributed by atoms with Crippen LogP contribution in [0.3, 0.4) is 0 Å². The molecule has 1 aliphatic heterocycles. The molecule has 1 heterocycles. The molecule has 0 aromatic heterocycles. The molecule has 2 amide bonds. The number of fused-ring (bicyclic) bond motifs is 1. The molecule has 0 radical (unpaired) electrons. The van der Waals surface area contributed by atoms with Gasteiger partial charge in [-0.3, -0.25) is 9.59 Å². The number of halogens is 5. The molecule has 1 aliphatic carbocycles. The normalized spacial score (nSPS) is 19.6. The number of carbonyl (C=O) groups excluding carboxylic acids is 2. The molecule has 1 fully saturated rings. The van der Waals surface area contributed by atoms with Gasteiger partial charge in [0.25, 0.3) is 11.5 Å².